The number of esters is 1. The molecule has 0 aliphatic heterocycles. The Hall–Kier alpha value is -3.73. The van der Waals surface area contributed by atoms with E-state index in [2.05, 4.69) is 5.10 Å². The highest BCUT2D eigenvalue weighted by Crippen LogP contribution is 2.30. The summed E-state index contributed by atoms with van der Waals surface area (Å²) in [6, 6.07) is 8.45. The van der Waals surface area contributed by atoms with E-state index in [9.17, 15) is 22.4 Å². The van der Waals surface area contributed by atoms with Crippen molar-refractivity contribution in [1.82, 2.24) is 9.78 Å². The molecule has 174 valence electrons. The summed E-state index contributed by atoms with van der Waals surface area (Å²) >= 11 is 0. The van der Waals surface area contributed by atoms with Crippen molar-refractivity contribution >= 4 is 16.1 Å². The van der Waals surface area contributed by atoms with Gasteiger partial charge in [-0.3, -0.25) is 4.79 Å². The lowest BCUT2D eigenvalue weighted by atomic mass is 10.1. The Morgan fingerprint density at radius 2 is 1.70 bits per heavy atom. The molecular formula is C22H21FN2O7S. The van der Waals surface area contributed by atoms with Crippen LogP contribution in [0.5, 0.6) is 11.5 Å². The van der Waals surface area contributed by atoms with Crippen LogP contribution < -0.4 is 14.5 Å². The third kappa shape index (κ3) is 5.03. The van der Waals surface area contributed by atoms with E-state index in [-0.39, 0.29) is 22.9 Å². The molecule has 9 nitrogen and oxygen atoms in total. The number of aromatic nitrogens is 2. The Bertz CT molecular complexity index is 1370. The second-order valence-corrected chi connectivity index (χ2v) is 8.44. The van der Waals surface area contributed by atoms with Gasteiger partial charge in [-0.2, -0.15) is 18.2 Å². The Morgan fingerprint density at radius 3 is 2.30 bits per heavy atom. The molecule has 0 aliphatic rings. The van der Waals surface area contributed by atoms with E-state index in [0.717, 1.165) is 28.4 Å². The average Bonchev–Trinajstić information content (AvgIpc) is 2.76. The maximum atomic E-state index is 13.3. The summed E-state index contributed by atoms with van der Waals surface area (Å²) in [6.45, 7) is 5.01. The van der Waals surface area contributed by atoms with Crippen molar-refractivity contribution < 1.29 is 31.3 Å². The predicted octanol–water partition coefficient (Wildman–Crippen LogP) is 2.94. The van der Waals surface area contributed by atoms with Crippen LogP contribution in [-0.2, 0) is 14.9 Å². The van der Waals surface area contributed by atoms with Gasteiger partial charge in [-0.05, 0) is 68.3 Å². The largest absolute Gasteiger partial charge is 0.495 e. The summed E-state index contributed by atoms with van der Waals surface area (Å²) in [7, 11) is -3.23. The molecule has 3 aromatic rings. The number of hydrogen-bond donors (Lipinski definition) is 0. The van der Waals surface area contributed by atoms with Gasteiger partial charge in [0, 0.05) is 0 Å². The van der Waals surface area contributed by atoms with Gasteiger partial charge in [-0.1, -0.05) is 0 Å². The van der Waals surface area contributed by atoms with Crippen molar-refractivity contribution in [2.24, 2.45) is 0 Å². The third-order valence-electron chi connectivity index (χ3n) is 4.69. The first-order valence-electron chi connectivity index (χ1n) is 9.74. The molecule has 0 unspecified atom stereocenters. The lowest BCUT2D eigenvalue weighted by molar-refractivity contribution is 0.0515. The minimum atomic E-state index is -4.54. The van der Waals surface area contributed by atoms with E-state index in [1.807, 2.05) is 0 Å². The zero-order chi connectivity index (χ0) is 24.3. The highest BCUT2D eigenvalue weighted by atomic mass is 32.2. The van der Waals surface area contributed by atoms with Crippen LogP contribution >= 0.6 is 0 Å². The number of carbonyl (C=O) groups is 1. The Labute approximate surface area is 189 Å². The number of nitrogens with zero attached hydrogens (tertiary/aromatic N) is 2. The van der Waals surface area contributed by atoms with E-state index in [1.54, 1.807) is 20.8 Å². The maximum absolute atomic E-state index is 13.3. The predicted molar refractivity (Wildman–Crippen MR) is 116 cm³/mol. The van der Waals surface area contributed by atoms with Crippen molar-refractivity contribution in [2.45, 2.75) is 25.7 Å². The maximum Gasteiger partial charge on any atom is 0.362 e. The highest BCUT2D eigenvalue weighted by Gasteiger charge is 2.28. The molecule has 1 aromatic heterocycles. The molecule has 0 bridgehead atoms. The molecule has 0 spiro atoms. The summed E-state index contributed by atoms with van der Waals surface area (Å²) in [5.41, 5.74) is 0.242. The first-order chi connectivity index (χ1) is 15.6. The molecular weight excluding hydrogens is 455 g/mol. The first kappa shape index (κ1) is 23.9. The van der Waals surface area contributed by atoms with Crippen LogP contribution in [0.4, 0.5) is 4.39 Å². The average molecular weight is 476 g/mol. The summed E-state index contributed by atoms with van der Waals surface area (Å²) in [6.07, 6.45) is 0. The lowest BCUT2D eigenvalue weighted by Gasteiger charge is -2.15. The van der Waals surface area contributed by atoms with Crippen LogP contribution in [-0.4, -0.2) is 37.9 Å². The van der Waals surface area contributed by atoms with Crippen LogP contribution in [0.15, 0.2) is 52.2 Å². The minimum Gasteiger partial charge on any atom is -0.495 e. The van der Waals surface area contributed by atoms with Crippen molar-refractivity contribution in [3.63, 3.8) is 0 Å². The smallest absolute Gasteiger partial charge is 0.362 e. The molecule has 2 aromatic carbocycles. The fourth-order valence-electron chi connectivity index (χ4n) is 2.89. The number of rotatable bonds is 7. The normalized spacial score (nSPS) is 11.2. The summed E-state index contributed by atoms with van der Waals surface area (Å²) in [4.78, 5) is 24.9. The van der Waals surface area contributed by atoms with Crippen LogP contribution in [0.1, 0.15) is 28.5 Å². The fourth-order valence-corrected chi connectivity index (χ4v) is 4.06. The van der Waals surface area contributed by atoms with Crippen LogP contribution in [0.3, 0.4) is 0 Å². The van der Waals surface area contributed by atoms with Gasteiger partial charge in [0.15, 0.2) is 5.75 Å². The number of benzene rings is 2. The zero-order valence-electron chi connectivity index (χ0n) is 18.3. The van der Waals surface area contributed by atoms with Gasteiger partial charge in [0.05, 0.1) is 25.5 Å². The molecule has 0 amide bonds. The standard InChI is InChI=1S/C22H21FN2O7S/c1-5-31-22(27)21-18(12-20(26)25(24-21)16-8-6-15(23)7-9-16)32-33(28,29)19-11-14(3)13(2)10-17(19)30-4/h6-12H,5H2,1-4H3. The van der Waals surface area contributed by atoms with Gasteiger partial charge < -0.3 is 13.7 Å². The van der Waals surface area contributed by atoms with E-state index in [1.165, 1.54) is 31.4 Å². The molecule has 0 radical (unpaired) electrons. The molecule has 0 saturated heterocycles. The first-order valence-corrected chi connectivity index (χ1v) is 11.2. The van der Waals surface area contributed by atoms with E-state index < -0.39 is 38.9 Å². The molecule has 0 N–H and O–H groups in total. The topological polar surface area (TPSA) is 114 Å². The number of carbonyl (C=O) groups excluding carboxylic acids is 1. The molecule has 3 rings (SSSR count). The van der Waals surface area contributed by atoms with Crippen molar-refractivity contribution in [1.29, 1.82) is 0 Å². The van der Waals surface area contributed by atoms with E-state index in [4.69, 9.17) is 13.7 Å². The van der Waals surface area contributed by atoms with E-state index >= 15 is 0 Å². The summed E-state index contributed by atoms with van der Waals surface area (Å²) < 4.78 is 55.4. The number of hydrogen-bond acceptors (Lipinski definition) is 8. The van der Waals surface area contributed by atoms with Gasteiger partial charge in [0.1, 0.15) is 16.5 Å². The monoisotopic (exact) mass is 476 g/mol. The summed E-state index contributed by atoms with van der Waals surface area (Å²) in [5, 5.41) is 3.93. The summed E-state index contributed by atoms with van der Waals surface area (Å²) in [5.74, 6) is -2.13. The van der Waals surface area contributed by atoms with Crippen molar-refractivity contribution in [3.8, 4) is 17.2 Å². The van der Waals surface area contributed by atoms with Crippen LogP contribution in [0, 0.1) is 19.7 Å². The molecule has 11 heteroatoms. The van der Waals surface area contributed by atoms with Crippen LogP contribution in [0.2, 0.25) is 0 Å². The molecule has 0 fully saturated rings. The quantitative estimate of drug-likeness (QED) is 0.378. The van der Waals surface area contributed by atoms with Gasteiger partial charge in [0.2, 0.25) is 5.69 Å². The van der Waals surface area contributed by atoms with Gasteiger partial charge in [-0.25, -0.2) is 9.18 Å². The number of aryl methyl sites for hydroxylation is 2. The van der Waals surface area contributed by atoms with Gasteiger partial charge in [0.25, 0.3) is 5.56 Å². The van der Waals surface area contributed by atoms with Crippen molar-refractivity contribution in [3.05, 3.63) is 75.5 Å². The molecule has 0 aliphatic carbocycles. The van der Waals surface area contributed by atoms with E-state index in [0.29, 0.717) is 5.56 Å². The molecule has 0 saturated carbocycles. The highest BCUT2D eigenvalue weighted by molar-refractivity contribution is 7.87. The molecule has 0 atom stereocenters. The molecule has 33 heavy (non-hydrogen) atoms. The number of halogens is 1. The Kier molecular flexibility index (Phi) is 6.82. The number of methoxy groups -OCH3 is 1. The molecule has 1 heterocycles. The van der Waals surface area contributed by atoms with Crippen molar-refractivity contribution in [2.75, 3.05) is 13.7 Å². The van der Waals surface area contributed by atoms with Gasteiger partial charge in [-0.15, -0.1) is 0 Å². The fraction of sp³-hybridized carbons (Fsp3) is 0.227. The van der Waals surface area contributed by atoms with Gasteiger partial charge >= 0.3 is 16.1 Å². The lowest BCUT2D eigenvalue weighted by Crippen LogP contribution is -2.26. The Balaban J connectivity index is 2.15. The Morgan fingerprint density at radius 1 is 1.06 bits per heavy atom. The number of ether oxygens (including phenoxy) is 2. The SMILES string of the molecule is CCOC(=O)c1nn(-c2ccc(F)cc2)c(=O)cc1OS(=O)(=O)c1cc(C)c(C)cc1OC. The third-order valence-corrected chi connectivity index (χ3v) is 5.94. The second kappa shape index (κ2) is 9.41. The zero-order valence-corrected chi connectivity index (χ0v) is 19.1. The van der Waals surface area contributed by atoms with Crippen LogP contribution in [0.25, 0.3) is 5.69 Å². The second-order valence-electron chi connectivity index (χ2n) is 6.93. The minimum absolute atomic E-state index is 0.0309.